The Morgan fingerprint density at radius 3 is 2.57 bits per heavy atom. The van der Waals surface area contributed by atoms with E-state index in [-0.39, 0.29) is 6.04 Å². The van der Waals surface area contributed by atoms with Gasteiger partial charge < -0.3 is 20.2 Å². The van der Waals surface area contributed by atoms with Crippen LogP contribution in [-0.2, 0) is 6.54 Å². The fourth-order valence-corrected chi connectivity index (χ4v) is 3.38. The number of rotatable bonds is 6. The highest BCUT2D eigenvalue weighted by atomic mass is 15.2. The molecule has 0 spiro atoms. The zero-order chi connectivity index (χ0) is 20.5. The molecule has 0 radical (unpaired) electrons. The summed E-state index contributed by atoms with van der Waals surface area (Å²) >= 11 is 0. The van der Waals surface area contributed by atoms with Crippen molar-refractivity contribution < 1.29 is 0 Å². The number of aromatic amines is 1. The molecule has 150 valence electrons. The van der Waals surface area contributed by atoms with Crippen molar-refractivity contribution in [1.29, 1.82) is 0 Å². The fourth-order valence-electron chi connectivity index (χ4n) is 3.38. The predicted octanol–water partition coefficient (Wildman–Crippen LogP) is 4.64. The standard InChI is InChI=1S/C22H22N8/c1-14(2)30-13-24-19-20(23-12-18-26-16-10-6-7-11-17(16)27-18)28-22(29-21(19)30)25-15-8-4-3-5-9-15/h3-11,13-14H,12H2,1-2H3,(H,26,27)(H2,23,25,28,29). The zero-order valence-corrected chi connectivity index (χ0v) is 16.8. The van der Waals surface area contributed by atoms with Crippen LogP contribution >= 0.6 is 0 Å². The van der Waals surface area contributed by atoms with Crippen LogP contribution in [-0.4, -0.2) is 29.5 Å². The van der Waals surface area contributed by atoms with Crippen LogP contribution in [0.3, 0.4) is 0 Å². The first kappa shape index (κ1) is 18.1. The minimum absolute atomic E-state index is 0.234. The lowest BCUT2D eigenvalue weighted by Crippen LogP contribution is -2.08. The molecule has 0 unspecified atom stereocenters. The quantitative estimate of drug-likeness (QED) is 0.386. The van der Waals surface area contributed by atoms with Gasteiger partial charge in [-0.3, -0.25) is 0 Å². The van der Waals surface area contributed by atoms with Gasteiger partial charge in [0.05, 0.1) is 23.9 Å². The predicted molar refractivity (Wildman–Crippen MR) is 119 cm³/mol. The number of aromatic nitrogens is 6. The molecule has 30 heavy (non-hydrogen) atoms. The number of benzene rings is 2. The Hall–Kier alpha value is -3.94. The van der Waals surface area contributed by atoms with Crippen molar-refractivity contribution in [3.63, 3.8) is 0 Å². The molecule has 5 rings (SSSR count). The minimum Gasteiger partial charge on any atom is -0.361 e. The van der Waals surface area contributed by atoms with Gasteiger partial charge in [-0.25, -0.2) is 9.97 Å². The van der Waals surface area contributed by atoms with E-state index < -0.39 is 0 Å². The molecule has 8 nitrogen and oxygen atoms in total. The molecule has 0 atom stereocenters. The zero-order valence-electron chi connectivity index (χ0n) is 16.8. The number of nitrogens with zero attached hydrogens (tertiary/aromatic N) is 5. The van der Waals surface area contributed by atoms with Crippen LogP contribution in [0.1, 0.15) is 25.7 Å². The van der Waals surface area contributed by atoms with E-state index in [0.717, 1.165) is 33.7 Å². The lowest BCUT2D eigenvalue weighted by Gasteiger charge is -2.11. The molecule has 0 saturated heterocycles. The number of anilines is 3. The molecule has 3 heterocycles. The van der Waals surface area contributed by atoms with Gasteiger partial charge in [0.25, 0.3) is 0 Å². The van der Waals surface area contributed by atoms with Gasteiger partial charge in [-0.15, -0.1) is 0 Å². The molecule has 3 aromatic heterocycles. The van der Waals surface area contributed by atoms with Gasteiger partial charge in [-0.2, -0.15) is 9.97 Å². The maximum Gasteiger partial charge on any atom is 0.231 e. The Morgan fingerprint density at radius 2 is 1.77 bits per heavy atom. The van der Waals surface area contributed by atoms with Crippen molar-refractivity contribution >= 4 is 39.7 Å². The first-order chi connectivity index (χ1) is 14.7. The lowest BCUT2D eigenvalue weighted by molar-refractivity contribution is 0.613. The highest BCUT2D eigenvalue weighted by Crippen LogP contribution is 2.25. The molecule has 8 heteroatoms. The highest BCUT2D eigenvalue weighted by Gasteiger charge is 2.15. The number of hydrogen-bond donors (Lipinski definition) is 3. The molecule has 3 N–H and O–H groups in total. The molecule has 0 aliphatic carbocycles. The van der Waals surface area contributed by atoms with Crippen molar-refractivity contribution in [1.82, 2.24) is 29.5 Å². The number of fused-ring (bicyclic) bond motifs is 2. The van der Waals surface area contributed by atoms with Crippen LogP contribution in [0.25, 0.3) is 22.2 Å². The maximum atomic E-state index is 4.72. The first-order valence-electron chi connectivity index (χ1n) is 9.91. The van der Waals surface area contributed by atoms with E-state index in [2.05, 4.69) is 44.4 Å². The van der Waals surface area contributed by atoms with Crippen molar-refractivity contribution in [3.05, 3.63) is 66.7 Å². The van der Waals surface area contributed by atoms with Gasteiger partial charge in [-0.1, -0.05) is 30.3 Å². The SMILES string of the molecule is CC(C)n1cnc2c(NCc3nc4ccccc4[nH]3)nc(Nc3ccccc3)nc21. The Morgan fingerprint density at radius 1 is 0.967 bits per heavy atom. The summed E-state index contributed by atoms with van der Waals surface area (Å²) in [6.45, 7) is 4.71. The summed E-state index contributed by atoms with van der Waals surface area (Å²) in [6, 6.07) is 18.1. The van der Waals surface area contributed by atoms with E-state index in [1.165, 1.54) is 0 Å². The van der Waals surface area contributed by atoms with Gasteiger partial charge in [0, 0.05) is 11.7 Å². The largest absolute Gasteiger partial charge is 0.361 e. The van der Waals surface area contributed by atoms with Crippen LogP contribution in [0.15, 0.2) is 60.9 Å². The van der Waals surface area contributed by atoms with Gasteiger partial charge in [0.15, 0.2) is 17.0 Å². The number of hydrogen-bond acceptors (Lipinski definition) is 6. The number of para-hydroxylation sites is 3. The van der Waals surface area contributed by atoms with Gasteiger partial charge in [0.2, 0.25) is 5.95 Å². The van der Waals surface area contributed by atoms with E-state index >= 15 is 0 Å². The minimum atomic E-state index is 0.234. The van der Waals surface area contributed by atoms with Crippen LogP contribution in [0.2, 0.25) is 0 Å². The topological polar surface area (TPSA) is 96.3 Å². The van der Waals surface area contributed by atoms with Crippen molar-refractivity contribution in [2.24, 2.45) is 0 Å². The van der Waals surface area contributed by atoms with Crippen LogP contribution in [0, 0.1) is 0 Å². The summed E-state index contributed by atoms with van der Waals surface area (Å²) in [7, 11) is 0. The molecule has 0 bridgehead atoms. The Balaban J connectivity index is 1.50. The van der Waals surface area contributed by atoms with Gasteiger partial charge >= 0.3 is 0 Å². The third kappa shape index (κ3) is 3.43. The average molecular weight is 398 g/mol. The molecule has 0 aliphatic rings. The molecule has 0 aliphatic heterocycles. The van der Waals surface area contributed by atoms with E-state index in [4.69, 9.17) is 4.98 Å². The second kappa shape index (κ2) is 7.47. The average Bonchev–Trinajstić information content (AvgIpc) is 3.36. The number of H-pyrrole nitrogens is 1. The highest BCUT2D eigenvalue weighted by molar-refractivity contribution is 5.85. The normalized spacial score (nSPS) is 11.4. The van der Waals surface area contributed by atoms with Crippen LogP contribution < -0.4 is 10.6 Å². The van der Waals surface area contributed by atoms with E-state index in [1.54, 1.807) is 0 Å². The molecule has 2 aromatic carbocycles. The van der Waals surface area contributed by atoms with Crippen molar-refractivity contribution in [2.75, 3.05) is 10.6 Å². The maximum absolute atomic E-state index is 4.72. The number of nitrogens with one attached hydrogen (secondary N) is 3. The molecular formula is C22H22N8. The smallest absolute Gasteiger partial charge is 0.231 e. The summed E-state index contributed by atoms with van der Waals surface area (Å²) in [5, 5.41) is 6.67. The summed E-state index contributed by atoms with van der Waals surface area (Å²) in [4.78, 5) is 21.9. The number of imidazole rings is 2. The summed E-state index contributed by atoms with van der Waals surface area (Å²) in [5.74, 6) is 2.02. The third-order valence-electron chi connectivity index (χ3n) is 4.87. The van der Waals surface area contributed by atoms with E-state index in [9.17, 15) is 0 Å². The third-order valence-corrected chi connectivity index (χ3v) is 4.87. The monoisotopic (exact) mass is 398 g/mol. The van der Waals surface area contributed by atoms with Gasteiger partial charge in [-0.05, 0) is 38.1 Å². The van der Waals surface area contributed by atoms with Crippen LogP contribution in [0.4, 0.5) is 17.5 Å². The summed E-state index contributed by atoms with van der Waals surface area (Å²) in [5.41, 5.74) is 4.40. The van der Waals surface area contributed by atoms with E-state index in [0.29, 0.717) is 18.3 Å². The fraction of sp³-hybridized carbons (Fsp3) is 0.182. The second-order valence-electron chi connectivity index (χ2n) is 7.36. The molecule has 0 amide bonds. The van der Waals surface area contributed by atoms with Crippen LogP contribution in [0.5, 0.6) is 0 Å². The molecular weight excluding hydrogens is 376 g/mol. The lowest BCUT2D eigenvalue weighted by atomic mass is 10.3. The molecule has 0 saturated carbocycles. The van der Waals surface area contributed by atoms with E-state index in [1.807, 2.05) is 65.5 Å². The Bertz CT molecular complexity index is 1270. The Kier molecular flexibility index (Phi) is 4.51. The summed E-state index contributed by atoms with van der Waals surface area (Å²) < 4.78 is 2.04. The first-order valence-corrected chi connectivity index (χ1v) is 9.91. The van der Waals surface area contributed by atoms with Crippen molar-refractivity contribution in [3.8, 4) is 0 Å². The molecule has 5 aromatic rings. The Labute approximate surface area is 173 Å². The molecule has 0 fully saturated rings. The second-order valence-corrected chi connectivity index (χ2v) is 7.36. The van der Waals surface area contributed by atoms with Gasteiger partial charge in [0.1, 0.15) is 5.82 Å². The van der Waals surface area contributed by atoms with Crippen molar-refractivity contribution in [2.45, 2.75) is 26.4 Å². The summed E-state index contributed by atoms with van der Waals surface area (Å²) in [6.07, 6.45) is 1.81.